The van der Waals surface area contributed by atoms with Crippen LogP contribution in [0.1, 0.15) is 37.5 Å². The first-order chi connectivity index (χ1) is 7.18. The molecule has 1 aromatic rings. The standard InChI is InChI=1S/C13H18F2O/c1-9-5-6-10(13(4,14)15)11(7-9)12(2,3)8-16/h5-7,16H,8H2,1-4H3. The first-order valence-corrected chi connectivity index (χ1v) is 5.29. The Hall–Kier alpha value is -0.960. The summed E-state index contributed by atoms with van der Waals surface area (Å²) in [5.74, 6) is -2.88. The second kappa shape index (κ2) is 4.13. The van der Waals surface area contributed by atoms with Crippen molar-refractivity contribution in [1.82, 2.24) is 0 Å². The maximum Gasteiger partial charge on any atom is 0.270 e. The maximum absolute atomic E-state index is 13.4. The molecular weight excluding hydrogens is 210 g/mol. The van der Waals surface area contributed by atoms with Gasteiger partial charge in [-0.1, -0.05) is 37.6 Å². The lowest BCUT2D eigenvalue weighted by Gasteiger charge is -2.28. The monoisotopic (exact) mass is 228 g/mol. The van der Waals surface area contributed by atoms with Crippen LogP contribution in [0.15, 0.2) is 18.2 Å². The molecular formula is C13H18F2O. The largest absolute Gasteiger partial charge is 0.395 e. The van der Waals surface area contributed by atoms with E-state index in [2.05, 4.69) is 0 Å². The van der Waals surface area contributed by atoms with Crippen LogP contribution in [-0.2, 0) is 11.3 Å². The van der Waals surface area contributed by atoms with Gasteiger partial charge in [-0.25, -0.2) is 8.78 Å². The number of benzene rings is 1. The molecule has 0 amide bonds. The molecule has 0 aromatic heterocycles. The first-order valence-electron chi connectivity index (χ1n) is 5.29. The summed E-state index contributed by atoms with van der Waals surface area (Å²) in [7, 11) is 0. The molecule has 0 aliphatic rings. The van der Waals surface area contributed by atoms with Gasteiger partial charge in [-0.2, -0.15) is 0 Å². The van der Waals surface area contributed by atoms with Crippen LogP contribution in [-0.4, -0.2) is 11.7 Å². The minimum Gasteiger partial charge on any atom is -0.395 e. The highest BCUT2D eigenvalue weighted by atomic mass is 19.3. The van der Waals surface area contributed by atoms with Crippen LogP contribution in [0.2, 0.25) is 0 Å². The van der Waals surface area contributed by atoms with Crippen molar-refractivity contribution >= 4 is 0 Å². The average molecular weight is 228 g/mol. The highest BCUT2D eigenvalue weighted by molar-refractivity contribution is 5.39. The Morgan fingerprint density at radius 2 is 1.69 bits per heavy atom. The lowest BCUT2D eigenvalue weighted by Crippen LogP contribution is -2.27. The summed E-state index contributed by atoms with van der Waals surface area (Å²) >= 11 is 0. The lowest BCUT2D eigenvalue weighted by atomic mass is 9.80. The highest BCUT2D eigenvalue weighted by Crippen LogP contribution is 2.36. The summed E-state index contributed by atoms with van der Waals surface area (Å²) in [5, 5.41) is 9.28. The van der Waals surface area contributed by atoms with Crippen molar-refractivity contribution in [2.24, 2.45) is 0 Å². The molecule has 0 aliphatic carbocycles. The van der Waals surface area contributed by atoms with Crippen LogP contribution in [0, 0.1) is 6.92 Å². The van der Waals surface area contributed by atoms with Gasteiger partial charge in [-0.15, -0.1) is 0 Å². The smallest absolute Gasteiger partial charge is 0.270 e. The van der Waals surface area contributed by atoms with Crippen LogP contribution < -0.4 is 0 Å². The molecule has 0 spiro atoms. The predicted molar refractivity (Wildman–Crippen MR) is 60.9 cm³/mol. The van der Waals surface area contributed by atoms with Crippen LogP contribution in [0.3, 0.4) is 0 Å². The Kier molecular flexibility index (Phi) is 3.38. The molecule has 1 aromatic carbocycles. The number of hydrogen-bond acceptors (Lipinski definition) is 1. The van der Waals surface area contributed by atoms with Crippen LogP contribution in [0.4, 0.5) is 8.78 Å². The quantitative estimate of drug-likeness (QED) is 0.840. The summed E-state index contributed by atoms with van der Waals surface area (Å²) in [6.07, 6.45) is 0. The Labute approximate surface area is 95.1 Å². The molecule has 1 rings (SSSR count). The zero-order valence-electron chi connectivity index (χ0n) is 10.1. The molecule has 0 unspecified atom stereocenters. The number of aryl methyl sites for hydroxylation is 1. The molecule has 0 saturated heterocycles. The third-order valence-corrected chi connectivity index (χ3v) is 2.77. The molecule has 1 nitrogen and oxygen atoms in total. The van der Waals surface area contributed by atoms with Crippen molar-refractivity contribution in [1.29, 1.82) is 0 Å². The van der Waals surface area contributed by atoms with E-state index in [0.29, 0.717) is 5.56 Å². The molecule has 0 bridgehead atoms. The van der Waals surface area contributed by atoms with E-state index in [4.69, 9.17) is 0 Å². The average Bonchev–Trinajstić information content (AvgIpc) is 2.15. The number of alkyl halides is 2. The van der Waals surface area contributed by atoms with E-state index in [0.717, 1.165) is 12.5 Å². The van der Waals surface area contributed by atoms with Crippen LogP contribution in [0.25, 0.3) is 0 Å². The van der Waals surface area contributed by atoms with Crippen molar-refractivity contribution in [2.45, 2.75) is 39.0 Å². The summed E-state index contributed by atoms with van der Waals surface area (Å²) in [6.45, 7) is 6.11. The van der Waals surface area contributed by atoms with Gasteiger partial charge in [-0.05, 0) is 12.5 Å². The zero-order chi connectivity index (χ0) is 12.6. The Morgan fingerprint density at radius 1 is 1.12 bits per heavy atom. The molecule has 0 fully saturated rings. The molecule has 0 atom stereocenters. The number of aliphatic hydroxyl groups excluding tert-OH is 1. The van der Waals surface area contributed by atoms with Crippen molar-refractivity contribution < 1.29 is 13.9 Å². The molecule has 1 N–H and O–H groups in total. The Morgan fingerprint density at radius 3 is 2.12 bits per heavy atom. The Bertz CT molecular complexity index is 378. The Balaban J connectivity index is 3.41. The van der Waals surface area contributed by atoms with Gasteiger partial charge in [0, 0.05) is 17.9 Å². The lowest BCUT2D eigenvalue weighted by molar-refractivity contribution is 0.0149. The number of rotatable bonds is 3. The predicted octanol–water partition coefficient (Wildman–Crippen LogP) is 3.38. The molecule has 0 aliphatic heterocycles. The number of halogens is 2. The molecule has 0 saturated carbocycles. The van der Waals surface area contributed by atoms with Crippen LogP contribution >= 0.6 is 0 Å². The van der Waals surface area contributed by atoms with Gasteiger partial charge in [0.25, 0.3) is 5.92 Å². The topological polar surface area (TPSA) is 20.2 Å². The highest BCUT2D eigenvalue weighted by Gasteiger charge is 2.33. The fourth-order valence-corrected chi connectivity index (χ4v) is 1.69. The van der Waals surface area contributed by atoms with Gasteiger partial charge in [0.05, 0.1) is 6.61 Å². The minimum atomic E-state index is -2.88. The van der Waals surface area contributed by atoms with E-state index in [-0.39, 0.29) is 12.2 Å². The van der Waals surface area contributed by atoms with E-state index in [1.165, 1.54) is 6.07 Å². The van der Waals surface area contributed by atoms with Gasteiger partial charge in [-0.3, -0.25) is 0 Å². The number of aliphatic hydroxyl groups is 1. The summed E-state index contributed by atoms with van der Waals surface area (Å²) in [6, 6.07) is 4.84. The van der Waals surface area contributed by atoms with E-state index in [9.17, 15) is 13.9 Å². The molecule has 0 radical (unpaired) electrons. The fourth-order valence-electron chi connectivity index (χ4n) is 1.69. The van der Waals surface area contributed by atoms with E-state index >= 15 is 0 Å². The molecule has 16 heavy (non-hydrogen) atoms. The summed E-state index contributed by atoms with van der Waals surface area (Å²) < 4.78 is 26.9. The van der Waals surface area contributed by atoms with Crippen LogP contribution in [0.5, 0.6) is 0 Å². The van der Waals surface area contributed by atoms with E-state index in [1.54, 1.807) is 26.0 Å². The molecule has 0 heterocycles. The van der Waals surface area contributed by atoms with Gasteiger partial charge in [0.15, 0.2) is 0 Å². The second-order valence-electron chi connectivity index (χ2n) is 4.98. The second-order valence-corrected chi connectivity index (χ2v) is 4.98. The molecule has 90 valence electrons. The van der Waals surface area contributed by atoms with Crippen molar-refractivity contribution in [2.75, 3.05) is 6.61 Å². The summed E-state index contributed by atoms with van der Waals surface area (Å²) in [5.41, 5.74) is 0.782. The van der Waals surface area contributed by atoms with E-state index < -0.39 is 11.3 Å². The minimum absolute atomic E-state index is 0.00264. The summed E-state index contributed by atoms with van der Waals surface area (Å²) in [4.78, 5) is 0. The SMILES string of the molecule is Cc1ccc(C(C)(F)F)c(C(C)(C)CO)c1. The van der Waals surface area contributed by atoms with Gasteiger partial charge in [0.1, 0.15) is 0 Å². The first kappa shape index (κ1) is 13.1. The van der Waals surface area contributed by atoms with Crippen molar-refractivity contribution in [3.63, 3.8) is 0 Å². The van der Waals surface area contributed by atoms with Gasteiger partial charge < -0.3 is 5.11 Å². The van der Waals surface area contributed by atoms with Crippen molar-refractivity contribution in [3.05, 3.63) is 34.9 Å². The van der Waals surface area contributed by atoms with Gasteiger partial charge >= 0.3 is 0 Å². The van der Waals surface area contributed by atoms with Gasteiger partial charge in [0.2, 0.25) is 0 Å². The molecule has 3 heteroatoms. The van der Waals surface area contributed by atoms with Crippen molar-refractivity contribution in [3.8, 4) is 0 Å². The zero-order valence-corrected chi connectivity index (χ0v) is 10.1. The van der Waals surface area contributed by atoms with E-state index in [1.807, 2.05) is 6.92 Å². The third kappa shape index (κ3) is 2.59. The third-order valence-electron chi connectivity index (χ3n) is 2.77. The maximum atomic E-state index is 13.4. The number of hydrogen-bond donors (Lipinski definition) is 1. The normalized spacial score (nSPS) is 12.9. The fraction of sp³-hybridized carbons (Fsp3) is 0.538.